The van der Waals surface area contributed by atoms with Gasteiger partial charge in [-0.05, 0) is 72.8 Å². The molecule has 2 aromatic carbocycles. The molecule has 0 heterocycles. The Morgan fingerprint density at radius 3 is 2.50 bits per heavy atom. The first-order valence-electron chi connectivity index (χ1n) is 11.6. The minimum Gasteiger partial charge on any atom is -0.497 e. The lowest BCUT2D eigenvalue weighted by atomic mass is 9.50. The van der Waals surface area contributed by atoms with Crippen molar-refractivity contribution in [3.05, 3.63) is 65.2 Å². The maximum Gasteiger partial charge on any atom is 0.315 e. The highest BCUT2D eigenvalue weighted by Gasteiger charge is 2.55. The Morgan fingerprint density at radius 1 is 1.00 bits per heavy atom. The van der Waals surface area contributed by atoms with Crippen molar-refractivity contribution in [3.8, 4) is 5.75 Å². The third-order valence-corrected chi connectivity index (χ3v) is 7.49. The number of carbonyl (C=O) groups is 2. The fourth-order valence-electron chi connectivity index (χ4n) is 5.75. The minimum absolute atomic E-state index is 0.118. The van der Waals surface area contributed by atoms with Crippen molar-refractivity contribution in [2.24, 2.45) is 11.3 Å². The number of carbonyl (C=O) groups excluding carboxylic acids is 2. The fraction of sp³-hybridized carbons (Fsp3) is 0.462. The number of hydrogen-bond acceptors (Lipinski definition) is 3. The smallest absolute Gasteiger partial charge is 0.315 e. The number of rotatable bonds is 6. The van der Waals surface area contributed by atoms with Gasteiger partial charge in [-0.1, -0.05) is 36.4 Å². The number of amides is 3. The van der Waals surface area contributed by atoms with E-state index < -0.39 is 0 Å². The van der Waals surface area contributed by atoms with Gasteiger partial charge in [0, 0.05) is 18.5 Å². The first-order chi connectivity index (χ1) is 15.5. The Hall–Kier alpha value is -3.02. The van der Waals surface area contributed by atoms with Gasteiger partial charge in [-0.3, -0.25) is 4.79 Å². The van der Waals surface area contributed by atoms with Crippen molar-refractivity contribution in [2.45, 2.75) is 57.2 Å². The van der Waals surface area contributed by atoms with E-state index in [0.29, 0.717) is 6.54 Å². The summed E-state index contributed by atoms with van der Waals surface area (Å²) in [5.41, 5.74) is 3.93. The van der Waals surface area contributed by atoms with Crippen LogP contribution in [-0.4, -0.2) is 25.1 Å². The van der Waals surface area contributed by atoms with Gasteiger partial charge in [0.1, 0.15) is 5.75 Å². The summed E-state index contributed by atoms with van der Waals surface area (Å²) in [4.78, 5) is 25.0. The molecule has 2 aromatic rings. The topological polar surface area (TPSA) is 79.5 Å². The van der Waals surface area contributed by atoms with E-state index in [0.717, 1.165) is 49.8 Å². The monoisotopic (exact) mass is 433 g/mol. The van der Waals surface area contributed by atoms with Gasteiger partial charge in [0.25, 0.3) is 0 Å². The largest absolute Gasteiger partial charge is 0.497 e. The SMILES string of the molecule is COc1ccc(CNC(=O)NC2CC3(C2)CC(C(=O)NC2CCc4ccccc42)C3)cc1. The van der Waals surface area contributed by atoms with Crippen LogP contribution >= 0.6 is 0 Å². The van der Waals surface area contributed by atoms with E-state index in [1.807, 2.05) is 24.3 Å². The summed E-state index contributed by atoms with van der Waals surface area (Å²) in [7, 11) is 1.64. The molecule has 1 unspecified atom stereocenters. The average molecular weight is 434 g/mol. The summed E-state index contributed by atoms with van der Waals surface area (Å²) in [6.45, 7) is 0.486. The molecule has 32 heavy (non-hydrogen) atoms. The molecule has 1 atom stereocenters. The van der Waals surface area contributed by atoms with Crippen LogP contribution in [0, 0.1) is 11.3 Å². The van der Waals surface area contributed by atoms with Crippen LogP contribution in [0.4, 0.5) is 4.79 Å². The van der Waals surface area contributed by atoms with Crippen LogP contribution in [0.3, 0.4) is 0 Å². The highest BCUT2D eigenvalue weighted by Crippen LogP contribution is 2.58. The quantitative estimate of drug-likeness (QED) is 0.647. The van der Waals surface area contributed by atoms with Gasteiger partial charge < -0.3 is 20.7 Å². The van der Waals surface area contributed by atoms with Gasteiger partial charge >= 0.3 is 6.03 Å². The van der Waals surface area contributed by atoms with E-state index in [1.54, 1.807) is 7.11 Å². The van der Waals surface area contributed by atoms with E-state index in [1.165, 1.54) is 11.1 Å². The normalized spacial score (nSPS) is 27.6. The Labute approximate surface area is 189 Å². The standard InChI is InChI=1S/C26H31N3O3/c1-32-21-9-6-17(7-10-21)16-27-25(31)28-20-14-26(15-20)12-19(13-26)24(30)29-23-11-8-18-4-2-3-5-22(18)23/h2-7,9-10,19-20,23H,8,11-16H2,1H3,(H,29,30)(H2,27,28,31). The molecule has 3 N–H and O–H groups in total. The van der Waals surface area contributed by atoms with Gasteiger partial charge in [0.15, 0.2) is 0 Å². The summed E-state index contributed by atoms with van der Waals surface area (Å²) in [5, 5.41) is 9.27. The van der Waals surface area contributed by atoms with Crippen molar-refractivity contribution in [1.82, 2.24) is 16.0 Å². The molecular formula is C26H31N3O3. The predicted molar refractivity (Wildman–Crippen MR) is 122 cm³/mol. The molecule has 2 fully saturated rings. The number of aryl methyl sites for hydroxylation is 1. The number of methoxy groups -OCH3 is 1. The van der Waals surface area contributed by atoms with Crippen molar-refractivity contribution in [3.63, 3.8) is 0 Å². The van der Waals surface area contributed by atoms with Gasteiger partial charge in [-0.15, -0.1) is 0 Å². The Bertz CT molecular complexity index is 990. The van der Waals surface area contributed by atoms with Crippen LogP contribution in [0.25, 0.3) is 0 Å². The van der Waals surface area contributed by atoms with Crippen molar-refractivity contribution < 1.29 is 14.3 Å². The zero-order valence-electron chi connectivity index (χ0n) is 18.5. The van der Waals surface area contributed by atoms with Crippen LogP contribution in [0.15, 0.2) is 48.5 Å². The molecule has 5 rings (SSSR count). The zero-order valence-corrected chi connectivity index (χ0v) is 18.5. The molecule has 0 bridgehead atoms. The molecular weight excluding hydrogens is 402 g/mol. The van der Waals surface area contributed by atoms with Crippen LogP contribution in [-0.2, 0) is 17.8 Å². The molecule has 3 amide bonds. The number of urea groups is 1. The van der Waals surface area contributed by atoms with Crippen LogP contribution in [0.2, 0.25) is 0 Å². The second-order valence-electron chi connectivity index (χ2n) is 9.68. The molecule has 1 spiro atoms. The van der Waals surface area contributed by atoms with Crippen molar-refractivity contribution >= 4 is 11.9 Å². The number of benzene rings is 2. The van der Waals surface area contributed by atoms with Gasteiger partial charge in [0.2, 0.25) is 5.91 Å². The summed E-state index contributed by atoms with van der Waals surface area (Å²) < 4.78 is 5.15. The van der Waals surface area contributed by atoms with Crippen LogP contribution < -0.4 is 20.7 Å². The summed E-state index contributed by atoms with van der Waals surface area (Å²) in [6, 6.07) is 16.3. The molecule has 2 saturated carbocycles. The lowest BCUT2D eigenvalue weighted by Crippen LogP contribution is -2.59. The Morgan fingerprint density at radius 2 is 1.75 bits per heavy atom. The third kappa shape index (κ3) is 4.18. The average Bonchev–Trinajstić information content (AvgIpc) is 3.16. The maximum absolute atomic E-state index is 12.7. The predicted octanol–water partition coefficient (Wildman–Crippen LogP) is 3.86. The van der Waals surface area contributed by atoms with E-state index in [-0.39, 0.29) is 35.4 Å². The van der Waals surface area contributed by atoms with Crippen molar-refractivity contribution in [2.75, 3.05) is 7.11 Å². The maximum atomic E-state index is 12.7. The molecule has 0 radical (unpaired) electrons. The lowest BCUT2D eigenvalue weighted by molar-refractivity contribution is -0.139. The summed E-state index contributed by atoms with van der Waals surface area (Å²) >= 11 is 0. The van der Waals surface area contributed by atoms with E-state index in [4.69, 9.17) is 4.74 Å². The molecule has 0 aromatic heterocycles. The molecule has 0 aliphatic heterocycles. The first kappa shape index (κ1) is 20.9. The number of ether oxygens (including phenoxy) is 1. The molecule has 0 saturated heterocycles. The lowest BCUT2D eigenvalue weighted by Gasteiger charge is -2.57. The number of hydrogen-bond donors (Lipinski definition) is 3. The van der Waals surface area contributed by atoms with E-state index in [9.17, 15) is 9.59 Å². The minimum atomic E-state index is -0.130. The second-order valence-corrected chi connectivity index (χ2v) is 9.68. The fourth-order valence-corrected chi connectivity index (χ4v) is 5.75. The third-order valence-electron chi connectivity index (χ3n) is 7.49. The molecule has 6 heteroatoms. The van der Waals surface area contributed by atoms with Gasteiger partial charge in [-0.2, -0.15) is 0 Å². The van der Waals surface area contributed by atoms with Crippen molar-refractivity contribution in [1.29, 1.82) is 0 Å². The highest BCUT2D eigenvalue weighted by atomic mass is 16.5. The molecule has 3 aliphatic rings. The first-order valence-corrected chi connectivity index (χ1v) is 11.6. The summed E-state index contributed by atoms with van der Waals surface area (Å²) in [5.74, 6) is 1.12. The number of nitrogens with one attached hydrogen (secondary N) is 3. The molecule has 6 nitrogen and oxygen atoms in total. The van der Waals surface area contributed by atoms with Gasteiger partial charge in [-0.25, -0.2) is 4.79 Å². The van der Waals surface area contributed by atoms with E-state index in [2.05, 4.69) is 40.2 Å². The Kier molecular flexibility index (Phi) is 5.53. The number of fused-ring (bicyclic) bond motifs is 1. The van der Waals surface area contributed by atoms with Crippen LogP contribution in [0.5, 0.6) is 5.75 Å². The van der Waals surface area contributed by atoms with E-state index >= 15 is 0 Å². The highest BCUT2D eigenvalue weighted by molar-refractivity contribution is 5.80. The second kappa shape index (κ2) is 8.49. The van der Waals surface area contributed by atoms with Crippen LogP contribution in [0.1, 0.15) is 54.8 Å². The molecule has 3 aliphatic carbocycles. The Balaban J connectivity index is 1.01. The zero-order chi connectivity index (χ0) is 22.1. The molecule has 168 valence electrons. The van der Waals surface area contributed by atoms with Gasteiger partial charge in [0.05, 0.1) is 13.2 Å². The summed E-state index contributed by atoms with van der Waals surface area (Å²) in [6.07, 6.45) is 5.87.